The third-order valence-electron chi connectivity index (χ3n) is 4.17. The van der Waals surface area contributed by atoms with Gasteiger partial charge < -0.3 is 19.5 Å². The van der Waals surface area contributed by atoms with Gasteiger partial charge in [0.2, 0.25) is 5.91 Å². The van der Waals surface area contributed by atoms with Crippen LogP contribution < -0.4 is 4.74 Å². The van der Waals surface area contributed by atoms with E-state index >= 15 is 0 Å². The molecule has 6 heteroatoms. The summed E-state index contributed by atoms with van der Waals surface area (Å²) in [6.07, 6.45) is -0.279. The van der Waals surface area contributed by atoms with Crippen molar-refractivity contribution in [2.24, 2.45) is 0 Å². The molecule has 132 valence electrons. The number of carboxylic acid groups (broad SMARTS) is 1. The van der Waals surface area contributed by atoms with Crippen molar-refractivity contribution in [1.29, 1.82) is 0 Å². The zero-order valence-electron chi connectivity index (χ0n) is 14.4. The highest BCUT2D eigenvalue weighted by Gasteiger charge is 2.32. The van der Waals surface area contributed by atoms with Crippen LogP contribution in [-0.4, -0.2) is 53.8 Å². The van der Waals surface area contributed by atoms with Gasteiger partial charge in [-0.05, 0) is 50.5 Å². The molecule has 1 aromatic carbocycles. The molecule has 1 heterocycles. The van der Waals surface area contributed by atoms with Gasteiger partial charge in [0.15, 0.2) is 6.10 Å². The van der Waals surface area contributed by atoms with Crippen LogP contribution in [0.2, 0.25) is 0 Å². The van der Waals surface area contributed by atoms with E-state index in [1.54, 1.807) is 11.8 Å². The number of aryl methyl sites for hydroxylation is 2. The van der Waals surface area contributed by atoms with Gasteiger partial charge >= 0.3 is 5.97 Å². The predicted molar refractivity (Wildman–Crippen MR) is 89.2 cm³/mol. The van der Waals surface area contributed by atoms with Gasteiger partial charge in [-0.3, -0.25) is 4.79 Å². The molecule has 0 saturated carbocycles. The Bertz CT molecular complexity index is 601. The van der Waals surface area contributed by atoms with Crippen molar-refractivity contribution in [3.8, 4) is 5.75 Å². The monoisotopic (exact) mass is 335 g/mol. The van der Waals surface area contributed by atoms with Crippen molar-refractivity contribution in [3.63, 3.8) is 0 Å². The van der Waals surface area contributed by atoms with Gasteiger partial charge in [-0.15, -0.1) is 0 Å². The van der Waals surface area contributed by atoms with Crippen LogP contribution in [0.3, 0.4) is 0 Å². The molecule has 1 N–H and O–H groups in total. The van der Waals surface area contributed by atoms with E-state index in [1.165, 1.54) is 11.1 Å². The third kappa shape index (κ3) is 4.96. The van der Waals surface area contributed by atoms with E-state index in [0.717, 1.165) is 5.75 Å². The smallest absolute Gasteiger partial charge is 0.334 e. The van der Waals surface area contributed by atoms with Crippen LogP contribution in [0, 0.1) is 13.8 Å². The van der Waals surface area contributed by atoms with Gasteiger partial charge in [0, 0.05) is 13.0 Å². The van der Waals surface area contributed by atoms with Crippen molar-refractivity contribution in [2.45, 2.75) is 45.8 Å². The largest absolute Gasteiger partial charge is 0.494 e. The molecule has 6 nitrogen and oxygen atoms in total. The average Bonchev–Trinajstić information content (AvgIpc) is 2.54. The summed E-state index contributed by atoms with van der Waals surface area (Å²) in [6.45, 7) is 6.85. The first-order valence-electron chi connectivity index (χ1n) is 8.23. The summed E-state index contributed by atoms with van der Waals surface area (Å²) >= 11 is 0. The van der Waals surface area contributed by atoms with Crippen LogP contribution in [0.1, 0.15) is 30.9 Å². The molecule has 0 bridgehead atoms. The van der Waals surface area contributed by atoms with Gasteiger partial charge in [0.25, 0.3) is 0 Å². The Kier molecular flexibility index (Phi) is 6.20. The topological polar surface area (TPSA) is 76.1 Å². The number of morpholine rings is 1. The van der Waals surface area contributed by atoms with E-state index in [4.69, 9.17) is 14.6 Å². The van der Waals surface area contributed by atoms with E-state index in [9.17, 15) is 9.59 Å². The van der Waals surface area contributed by atoms with E-state index in [1.807, 2.05) is 32.0 Å². The van der Waals surface area contributed by atoms with Gasteiger partial charge in [0.05, 0.1) is 19.3 Å². The standard InChI is InChI=1S/C18H25NO5/c1-12-6-7-15(9-13(12)2)23-8-4-5-17(20)19-10-14(3)24-16(11-19)18(21)22/h6-7,9,14,16H,4-5,8,10-11H2,1-3H3,(H,21,22)/t14-,16?/m1/s1. The van der Waals surface area contributed by atoms with Gasteiger partial charge in [-0.2, -0.15) is 0 Å². The lowest BCUT2D eigenvalue weighted by molar-refractivity contribution is -0.166. The summed E-state index contributed by atoms with van der Waals surface area (Å²) in [5.74, 6) is -0.283. The fourth-order valence-electron chi connectivity index (χ4n) is 2.67. The molecule has 1 aromatic rings. The highest BCUT2D eigenvalue weighted by atomic mass is 16.5. The Morgan fingerprint density at radius 3 is 2.71 bits per heavy atom. The highest BCUT2D eigenvalue weighted by molar-refractivity contribution is 5.78. The minimum Gasteiger partial charge on any atom is -0.494 e. The minimum absolute atomic E-state index is 0.0555. The second kappa shape index (κ2) is 8.15. The van der Waals surface area contributed by atoms with Crippen molar-refractivity contribution in [3.05, 3.63) is 29.3 Å². The van der Waals surface area contributed by atoms with Crippen LogP contribution in [0.15, 0.2) is 18.2 Å². The number of aliphatic carboxylic acids is 1. The summed E-state index contributed by atoms with van der Waals surface area (Å²) in [6, 6.07) is 5.92. The lowest BCUT2D eigenvalue weighted by Gasteiger charge is -2.35. The molecule has 0 aromatic heterocycles. The summed E-state index contributed by atoms with van der Waals surface area (Å²) in [7, 11) is 0. The van der Waals surface area contributed by atoms with Gasteiger partial charge in [0.1, 0.15) is 5.75 Å². The number of benzene rings is 1. The van der Waals surface area contributed by atoms with Crippen LogP contribution in [0.25, 0.3) is 0 Å². The van der Waals surface area contributed by atoms with Crippen LogP contribution >= 0.6 is 0 Å². The Morgan fingerprint density at radius 1 is 1.29 bits per heavy atom. The quantitative estimate of drug-likeness (QED) is 0.806. The number of hydrogen-bond acceptors (Lipinski definition) is 4. The molecule has 0 radical (unpaired) electrons. The van der Waals surface area contributed by atoms with Crippen LogP contribution in [0.4, 0.5) is 0 Å². The highest BCUT2D eigenvalue weighted by Crippen LogP contribution is 2.17. The maximum Gasteiger partial charge on any atom is 0.334 e. The molecule has 24 heavy (non-hydrogen) atoms. The van der Waals surface area contributed by atoms with Crippen molar-refractivity contribution >= 4 is 11.9 Å². The van der Waals surface area contributed by atoms with Crippen LogP contribution in [-0.2, 0) is 14.3 Å². The molecule has 1 saturated heterocycles. The minimum atomic E-state index is -1.03. The Labute approximate surface area is 142 Å². The number of nitrogens with zero attached hydrogens (tertiary/aromatic N) is 1. The summed E-state index contributed by atoms with van der Waals surface area (Å²) in [5, 5.41) is 9.05. The molecule has 1 aliphatic rings. The van der Waals surface area contributed by atoms with Crippen molar-refractivity contribution in [2.75, 3.05) is 19.7 Å². The molecule has 1 unspecified atom stereocenters. The number of carbonyl (C=O) groups excluding carboxylic acids is 1. The number of amides is 1. The lowest BCUT2D eigenvalue weighted by Crippen LogP contribution is -2.51. The zero-order chi connectivity index (χ0) is 17.7. The SMILES string of the molecule is Cc1ccc(OCCCC(=O)N2CC(C(=O)O)O[C@H](C)C2)cc1C. The fraction of sp³-hybridized carbons (Fsp3) is 0.556. The van der Waals surface area contributed by atoms with Gasteiger partial charge in [-0.25, -0.2) is 4.79 Å². The fourth-order valence-corrected chi connectivity index (χ4v) is 2.67. The second-order valence-corrected chi connectivity index (χ2v) is 6.27. The summed E-state index contributed by atoms with van der Waals surface area (Å²) < 4.78 is 11.0. The number of rotatable bonds is 6. The van der Waals surface area contributed by atoms with E-state index in [0.29, 0.717) is 26.0 Å². The number of carboxylic acids is 1. The number of hydrogen-bond donors (Lipinski definition) is 1. The van der Waals surface area contributed by atoms with E-state index < -0.39 is 12.1 Å². The maximum absolute atomic E-state index is 12.2. The Hall–Kier alpha value is -2.08. The summed E-state index contributed by atoms with van der Waals surface area (Å²) in [5.41, 5.74) is 2.39. The molecule has 1 aliphatic heterocycles. The predicted octanol–water partition coefficient (Wildman–Crippen LogP) is 2.16. The molecular weight excluding hydrogens is 310 g/mol. The normalized spacial score (nSPS) is 20.7. The number of carbonyl (C=O) groups is 2. The molecule has 0 aliphatic carbocycles. The van der Waals surface area contributed by atoms with Crippen LogP contribution in [0.5, 0.6) is 5.75 Å². The third-order valence-corrected chi connectivity index (χ3v) is 4.17. The first-order valence-corrected chi connectivity index (χ1v) is 8.23. The first kappa shape index (κ1) is 18.3. The number of ether oxygens (including phenoxy) is 2. The Balaban J connectivity index is 1.76. The van der Waals surface area contributed by atoms with E-state index in [-0.39, 0.29) is 18.6 Å². The molecule has 2 atom stereocenters. The van der Waals surface area contributed by atoms with E-state index in [2.05, 4.69) is 0 Å². The maximum atomic E-state index is 12.2. The Morgan fingerprint density at radius 2 is 2.04 bits per heavy atom. The lowest BCUT2D eigenvalue weighted by atomic mass is 10.1. The molecule has 1 amide bonds. The molecule has 1 fully saturated rings. The average molecular weight is 335 g/mol. The molecular formula is C18H25NO5. The van der Waals surface area contributed by atoms with Gasteiger partial charge in [-0.1, -0.05) is 6.07 Å². The summed E-state index contributed by atoms with van der Waals surface area (Å²) in [4.78, 5) is 24.9. The molecule has 0 spiro atoms. The second-order valence-electron chi connectivity index (χ2n) is 6.27. The van der Waals surface area contributed by atoms with Crippen molar-refractivity contribution < 1.29 is 24.2 Å². The molecule has 2 rings (SSSR count). The van der Waals surface area contributed by atoms with Crippen molar-refractivity contribution in [1.82, 2.24) is 4.90 Å². The zero-order valence-corrected chi connectivity index (χ0v) is 14.4. The first-order chi connectivity index (χ1) is 11.4.